The van der Waals surface area contributed by atoms with Crippen LogP contribution >= 0.6 is 11.6 Å². The Morgan fingerprint density at radius 2 is 2.00 bits per heavy atom. The van der Waals surface area contributed by atoms with E-state index in [-0.39, 0.29) is 16.8 Å². The molecule has 2 rings (SSSR count). The van der Waals surface area contributed by atoms with Crippen molar-refractivity contribution in [2.24, 2.45) is 0 Å². The SMILES string of the molecule is CC(=O)c1cc(Cl)nc(-c2ccc(F)c(C)c2)c1. The van der Waals surface area contributed by atoms with Crippen LogP contribution in [0.3, 0.4) is 0 Å². The summed E-state index contributed by atoms with van der Waals surface area (Å²) in [6.07, 6.45) is 0. The Balaban J connectivity index is 2.56. The molecule has 0 bridgehead atoms. The molecule has 0 amide bonds. The topological polar surface area (TPSA) is 30.0 Å². The number of nitrogens with zero attached hydrogens (tertiary/aromatic N) is 1. The number of benzene rings is 1. The van der Waals surface area contributed by atoms with Crippen LogP contribution in [-0.2, 0) is 0 Å². The molecule has 2 aromatic rings. The lowest BCUT2D eigenvalue weighted by atomic mass is 10.1. The molecule has 0 atom stereocenters. The Morgan fingerprint density at radius 1 is 1.28 bits per heavy atom. The molecule has 92 valence electrons. The molecule has 2 nitrogen and oxygen atoms in total. The predicted octanol–water partition coefficient (Wildman–Crippen LogP) is 4.05. The first kappa shape index (κ1) is 12.7. The van der Waals surface area contributed by atoms with E-state index in [1.807, 2.05) is 0 Å². The van der Waals surface area contributed by atoms with E-state index in [9.17, 15) is 9.18 Å². The van der Waals surface area contributed by atoms with E-state index in [1.165, 1.54) is 19.1 Å². The number of ketones is 1. The monoisotopic (exact) mass is 263 g/mol. The second-order valence-electron chi connectivity index (χ2n) is 4.08. The number of rotatable bonds is 2. The third-order valence-electron chi connectivity index (χ3n) is 2.65. The van der Waals surface area contributed by atoms with Crippen LogP contribution in [0, 0.1) is 12.7 Å². The molecule has 1 heterocycles. The lowest BCUT2D eigenvalue weighted by molar-refractivity contribution is 0.101. The molecule has 1 aromatic carbocycles. The van der Waals surface area contributed by atoms with Gasteiger partial charge < -0.3 is 0 Å². The van der Waals surface area contributed by atoms with Crippen molar-refractivity contribution in [3.63, 3.8) is 0 Å². The summed E-state index contributed by atoms with van der Waals surface area (Å²) in [4.78, 5) is 15.5. The van der Waals surface area contributed by atoms with Gasteiger partial charge in [0.25, 0.3) is 0 Å². The lowest BCUT2D eigenvalue weighted by Crippen LogP contribution is -1.95. The Hall–Kier alpha value is -1.74. The first-order valence-corrected chi connectivity index (χ1v) is 5.80. The minimum Gasteiger partial charge on any atom is -0.295 e. The average molecular weight is 264 g/mol. The van der Waals surface area contributed by atoms with Gasteiger partial charge in [-0.1, -0.05) is 11.6 Å². The number of aromatic nitrogens is 1. The maximum absolute atomic E-state index is 13.2. The maximum atomic E-state index is 13.2. The van der Waals surface area contributed by atoms with E-state index in [0.29, 0.717) is 16.8 Å². The number of Topliss-reactive ketones (excluding diaryl/α,β-unsaturated/α-hetero) is 1. The summed E-state index contributed by atoms with van der Waals surface area (Å²) in [5.74, 6) is -0.355. The fraction of sp³-hybridized carbons (Fsp3) is 0.143. The van der Waals surface area contributed by atoms with Crippen LogP contribution < -0.4 is 0 Å². The van der Waals surface area contributed by atoms with Gasteiger partial charge in [-0.2, -0.15) is 0 Å². The number of hydrogen-bond acceptors (Lipinski definition) is 2. The van der Waals surface area contributed by atoms with E-state index in [0.717, 1.165) is 5.56 Å². The maximum Gasteiger partial charge on any atom is 0.159 e. The minimum atomic E-state index is -0.271. The molecule has 0 aliphatic rings. The van der Waals surface area contributed by atoms with Crippen molar-refractivity contribution < 1.29 is 9.18 Å². The van der Waals surface area contributed by atoms with Crippen LogP contribution in [0.5, 0.6) is 0 Å². The summed E-state index contributed by atoms with van der Waals surface area (Å²) >= 11 is 5.88. The van der Waals surface area contributed by atoms with Gasteiger partial charge in [-0.3, -0.25) is 4.79 Å². The summed E-state index contributed by atoms with van der Waals surface area (Å²) in [5.41, 5.74) is 2.32. The molecule has 0 aliphatic carbocycles. The van der Waals surface area contributed by atoms with Crippen molar-refractivity contribution in [3.8, 4) is 11.3 Å². The van der Waals surface area contributed by atoms with Crippen molar-refractivity contribution in [1.82, 2.24) is 4.98 Å². The molecule has 0 spiro atoms. The normalized spacial score (nSPS) is 10.4. The third-order valence-corrected chi connectivity index (χ3v) is 2.85. The first-order valence-electron chi connectivity index (χ1n) is 5.42. The molecule has 18 heavy (non-hydrogen) atoms. The van der Waals surface area contributed by atoms with Gasteiger partial charge in [-0.15, -0.1) is 0 Å². The molecule has 0 saturated carbocycles. The van der Waals surface area contributed by atoms with Crippen molar-refractivity contribution in [2.75, 3.05) is 0 Å². The van der Waals surface area contributed by atoms with Crippen molar-refractivity contribution in [1.29, 1.82) is 0 Å². The van der Waals surface area contributed by atoms with Gasteiger partial charge in [-0.05, 0) is 49.7 Å². The Kier molecular flexibility index (Phi) is 3.43. The van der Waals surface area contributed by atoms with Crippen LogP contribution in [0.4, 0.5) is 4.39 Å². The van der Waals surface area contributed by atoms with E-state index in [1.54, 1.807) is 25.1 Å². The highest BCUT2D eigenvalue weighted by molar-refractivity contribution is 6.29. The average Bonchev–Trinajstić information content (AvgIpc) is 2.31. The van der Waals surface area contributed by atoms with Crippen LogP contribution in [-0.4, -0.2) is 10.8 Å². The Bertz CT molecular complexity index is 625. The molecule has 0 fully saturated rings. The summed E-state index contributed by atoms with van der Waals surface area (Å²) in [6, 6.07) is 7.84. The lowest BCUT2D eigenvalue weighted by Gasteiger charge is -2.05. The van der Waals surface area contributed by atoms with Crippen molar-refractivity contribution >= 4 is 17.4 Å². The van der Waals surface area contributed by atoms with Gasteiger partial charge in [0.05, 0.1) is 5.69 Å². The van der Waals surface area contributed by atoms with Crippen molar-refractivity contribution in [3.05, 3.63) is 52.4 Å². The van der Waals surface area contributed by atoms with Gasteiger partial charge >= 0.3 is 0 Å². The molecular formula is C14H11ClFNO. The second kappa shape index (κ2) is 4.86. The van der Waals surface area contributed by atoms with Crippen LogP contribution in [0.25, 0.3) is 11.3 Å². The number of aryl methyl sites for hydroxylation is 1. The number of hydrogen-bond donors (Lipinski definition) is 0. The number of carbonyl (C=O) groups excluding carboxylic acids is 1. The number of halogens is 2. The van der Waals surface area contributed by atoms with E-state index in [4.69, 9.17) is 11.6 Å². The number of pyridine rings is 1. The van der Waals surface area contributed by atoms with Gasteiger partial charge in [-0.25, -0.2) is 9.37 Å². The molecule has 0 radical (unpaired) electrons. The highest BCUT2D eigenvalue weighted by Gasteiger charge is 2.08. The molecule has 0 N–H and O–H groups in total. The van der Waals surface area contributed by atoms with Gasteiger partial charge in [0, 0.05) is 11.1 Å². The predicted molar refractivity (Wildman–Crippen MR) is 69.4 cm³/mol. The number of carbonyl (C=O) groups is 1. The summed E-state index contributed by atoms with van der Waals surface area (Å²) in [5, 5.41) is 0.250. The summed E-state index contributed by atoms with van der Waals surface area (Å²) < 4.78 is 13.2. The van der Waals surface area contributed by atoms with E-state index < -0.39 is 0 Å². The van der Waals surface area contributed by atoms with Crippen LogP contribution in [0.15, 0.2) is 30.3 Å². The highest BCUT2D eigenvalue weighted by atomic mass is 35.5. The highest BCUT2D eigenvalue weighted by Crippen LogP contribution is 2.23. The Morgan fingerprint density at radius 3 is 2.61 bits per heavy atom. The van der Waals surface area contributed by atoms with Crippen molar-refractivity contribution in [2.45, 2.75) is 13.8 Å². The smallest absolute Gasteiger partial charge is 0.159 e. The fourth-order valence-electron chi connectivity index (χ4n) is 1.65. The van der Waals surface area contributed by atoms with Crippen LogP contribution in [0.2, 0.25) is 5.15 Å². The van der Waals surface area contributed by atoms with Gasteiger partial charge in [0.15, 0.2) is 5.78 Å². The third kappa shape index (κ3) is 2.57. The van der Waals surface area contributed by atoms with E-state index in [2.05, 4.69) is 4.98 Å². The zero-order valence-corrected chi connectivity index (χ0v) is 10.8. The minimum absolute atomic E-state index is 0.0839. The molecule has 0 saturated heterocycles. The zero-order valence-electron chi connectivity index (χ0n) is 10.00. The standard InChI is InChI=1S/C14H11ClFNO/c1-8-5-10(3-4-12(8)16)13-6-11(9(2)18)7-14(15)17-13/h3-7H,1-2H3. The summed E-state index contributed by atoms with van der Waals surface area (Å²) in [6.45, 7) is 3.14. The zero-order chi connectivity index (χ0) is 13.3. The molecule has 4 heteroatoms. The van der Waals surface area contributed by atoms with E-state index >= 15 is 0 Å². The largest absolute Gasteiger partial charge is 0.295 e. The molecule has 0 unspecified atom stereocenters. The molecule has 1 aromatic heterocycles. The fourth-order valence-corrected chi connectivity index (χ4v) is 1.86. The summed E-state index contributed by atoms with van der Waals surface area (Å²) in [7, 11) is 0. The quantitative estimate of drug-likeness (QED) is 0.604. The van der Waals surface area contributed by atoms with Gasteiger partial charge in [0.1, 0.15) is 11.0 Å². The molecule has 0 aliphatic heterocycles. The Labute approximate surface area is 109 Å². The first-order chi connectivity index (χ1) is 8.47. The second-order valence-corrected chi connectivity index (χ2v) is 4.47. The van der Waals surface area contributed by atoms with Gasteiger partial charge in [0.2, 0.25) is 0 Å². The van der Waals surface area contributed by atoms with Crippen LogP contribution in [0.1, 0.15) is 22.8 Å². The molecular weight excluding hydrogens is 253 g/mol.